The first-order chi connectivity index (χ1) is 15.3. The molecule has 31 heavy (non-hydrogen) atoms. The first-order valence-corrected chi connectivity index (χ1v) is 11.1. The van der Waals surface area contributed by atoms with Gasteiger partial charge in [0.15, 0.2) is 0 Å². The number of hydrogen-bond donors (Lipinski definition) is 0. The average Bonchev–Trinajstić information content (AvgIpc) is 3.33. The van der Waals surface area contributed by atoms with Gasteiger partial charge in [-0.3, -0.25) is 14.7 Å². The van der Waals surface area contributed by atoms with Crippen LogP contribution in [-0.2, 0) is 9.53 Å². The van der Waals surface area contributed by atoms with Crippen LogP contribution in [0.25, 0.3) is 22.4 Å². The molecule has 0 saturated carbocycles. The highest BCUT2D eigenvalue weighted by Gasteiger charge is 2.32. The number of likely N-dealkylation sites (tertiary alicyclic amines) is 1. The number of ether oxygens (including phenoxy) is 1. The Morgan fingerprint density at radius 3 is 2.84 bits per heavy atom. The molecule has 0 spiro atoms. The Hall–Kier alpha value is -2.84. The normalized spacial score (nSPS) is 20.3. The van der Waals surface area contributed by atoms with Crippen molar-refractivity contribution in [3.05, 3.63) is 42.4 Å². The molecular formula is C23H27N5O3. The van der Waals surface area contributed by atoms with E-state index in [-0.39, 0.29) is 11.9 Å². The summed E-state index contributed by atoms with van der Waals surface area (Å²) < 4.78 is 11.5. The number of nitrogens with zero attached hydrogens (tertiary/aromatic N) is 5. The molecule has 2 aromatic heterocycles. The number of pyridine rings is 1. The van der Waals surface area contributed by atoms with Crippen molar-refractivity contribution in [3.63, 3.8) is 0 Å². The first kappa shape index (κ1) is 20.1. The van der Waals surface area contributed by atoms with Gasteiger partial charge in [0.25, 0.3) is 5.89 Å². The monoisotopic (exact) mass is 421 g/mol. The number of morpholine rings is 1. The number of piperidine rings is 1. The molecule has 0 N–H and O–H groups in total. The van der Waals surface area contributed by atoms with E-state index in [0.29, 0.717) is 23.9 Å². The fraction of sp³-hybridized carbons (Fsp3) is 0.478. The summed E-state index contributed by atoms with van der Waals surface area (Å²) in [6.07, 6.45) is 5.15. The van der Waals surface area contributed by atoms with Crippen LogP contribution in [0.15, 0.2) is 40.9 Å². The molecule has 0 aliphatic carbocycles. The SMILES string of the molecule is O=C(CCN1CCOCC1)N1CCCC[C@@H]1c1nnc(-c2nccc3ccccc23)o1. The Bertz CT molecular complexity index is 1040. The van der Waals surface area contributed by atoms with Crippen LogP contribution in [0.2, 0.25) is 0 Å². The molecule has 8 heteroatoms. The molecular weight excluding hydrogens is 394 g/mol. The lowest BCUT2D eigenvalue weighted by Crippen LogP contribution is -2.42. The third-order valence-corrected chi connectivity index (χ3v) is 6.17. The van der Waals surface area contributed by atoms with E-state index in [0.717, 1.165) is 69.4 Å². The fourth-order valence-electron chi connectivity index (χ4n) is 4.46. The third-order valence-electron chi connectivity index (χ3n) is 6.17. The predicted molar refractivity (Wildman–Crippen MR) is 115 cm³/mol. The van der Waals surface area contributed by atoms with Gasteiger partial charge in [-0.2, -0.15) is 0 Å². The van der Waals surface area contributed by atoms with Crippen molar-refractivity contribution in [2.24, 2.45) is 0 Å². The van der Waals surface area contributed by atoms with Crippen LogP contribution >= 0.6 is 0 Å². The highest BCUT2D eigenvalue weighted by atomic mass is 16.5. The van der Waals surface area contributed by atoms with Crippen LogP contribution in [0.5, 0.6) is 0 Å². The van der Waals surface area contributed by atoms with E-state index in [1.54, 1.807) is 6.20 Å². The molecule has 1 atom stereocenters. The van der Waals surface area contributed by atoms with E-state index in [2.05, 4.69) is 20.1 Å². The Morgan fingerprint density at radius 1 is 1.06 bits per heavy atom. The summed E-state index contributed by atoms with van der Waals surface area (Å²) in [5.41, 5.74) is 0.679. The second kappa shape index (κ2) is 9.11. The molecule has 8 nitrogen and oxygen atoms in total. The lowest BCUT2D eigenvalue weighted by Gasteiger charge is -2.34. The number of rotatable bonds is 5. The minimum absolute atomic E-state index is 0.152. The summed E-state index contributed by atoms with van der Waals surface area (Å²) in [5.74, 6) is 1.06. The van der Waals surface area contributed by atoms with Crippen molar-refractivity contribution in [3.8, 4) is 11.6 Å². The van der Waals surface area contributed by atoms with Gasteiger partial charge in [0, 0.05) is 44.2 Å². The van der Waals surface area contributed by atoms with E-state index >= 15 is 0 Å². The number of carbonyl (C=O) groups excluding carboxylic acids is 1. The summed E-state index contributed by atoms with van der Waals surface area (Å²) in [4.78, 5) is 21.7. The lowest BCUT2D eigenvalue weighted by atomic mass is 10.0. The lowest BCUT2D eigenvalue weighted by molar-refractivity contribution is -0.136. The number of amides is 1. The van der Waals surface area contributed by atoms with Gasteiger partial charge in [0.2, 0.25) is 11.8 Å². The molecule has 2 saturated heterocycles. The number of aromatic nitrogens is 3. The number of carbonyl (C=O) groups is 1. The molecule has 2 aliphatic heterocycles. The van der Waals surface area contributed by atoms with Crippen LogP contribution in [0.1, 0.15) is 37.6 Å². The van der Waals surface area contributed by atoms with Crippen LogP contribution in [-0.4, -0.2) is 70.3 Å². The Morgan fingerprint density at radius 2 is 1.94 bits per heavy atom. The predicted octanol–water partition coefficient (Wildman–Crippen LogP) is 3.06. The van der Waals surface area contributed by atoms with Gasteiger partial charge in [-0.25, -0.2) is 0 Å². The van der Waals surface area contributed by atoms with Crippen molar-refractivity contribution in [1.82, 2.24) is 25.0 Å². The quantitative estimate of drug-likeness (QED) is 0.626. The number of hydrogen-bond acceptors (Lipinski definition) is 7. The van der Waals surface area contributed by atoms with Gasteiger partial charge in [-0.15, -0.1) is 10.2 Å². The Kier molecular flexibility index (Phi) is 5.90. The van der Waals surface area contributed by atoms with Crippen LogP contribution in [0, 0.1) is 0 Å². The number of benzene rings is 1. The van der Waals surface area contributed by atoms with E-state index in [9.17, 15) is 4.79 Å². The highest BCUT2D eigenvalue weighted by Crippen LogP contribution is 2.33. The van der Waals surface area contributed by atoms with Crippen molar-refractivity contribution < 1.29 is 13.9 Å². The first-order valence-electron chi connectivity index (χ1n) is 11.1. The Balaban J connectivity index is 1.33. The van der Waals surface area contributed by atoms with Gasteiger partial charge in [0.05, 0.1) is 13.2 Å². The van der Waals surface area contributed by atoms with Crippen molar-refractivity contribution in [2.45, 2.75) is 31.7 Å². The van der Waals surface area contributed by atoms with E-state index in [4.69, 9.17) is 9.15 Å². The average molecular weight is 422 g/mol. The summed E-state index contributed by atoms with van der Waals surface area (Å²) in [6.45, 7) is 4.77. The summed E-state index contributed by atoms with van der Waals surface area (Å²) in [6, 6.07) is 9.81. The number of fused-ring (bicyclic) bond motifs is 1. The van der Waals surface area contributed by atoms with E-state index in [1.165, 1.54) is 0 Å². The van der Waals surface area contributed by atoms with Gasteiger partial charge in [-0.1, -0.05) is 24.3 Å². The van der Waals surface area contributed by atoms with Gasteiger partial charge < -0.3 is 14.1 Å². The maximum atomic E-state index is 13.0. The van der Waals surface area contributed by atoms with Crippen molar-refractivity contribution in [1.29, 1.82) is 0 Å². The minimum atomic E-state index is -0.165. The van der Waals surface area contributed by atoms with Gasteiger partial charge in [-0.05, 0) is 30.7 Å². The topological polar surface area (TPSA) is 84.6 Å². The molecule has 3 aromatic rings. The molecule has 5 rings (SSSR count). The summed E-state index contributed by atoms with van der Waals surface area (Å²) >= 11 is 0. The maximum Gasteiger partial charge on any atom is 0.267 e. The largest absolute Gasteiger partial charge is 0.417 e. The summed E-state index contributed by atoms with van der Waals surface area (Å²) in [7, 11) is 0. The molecule has 1 aromatic carbocycles. The van der Waals surface area contributed by atoms with E-state index in [1.807, 2.05) is 35.2 Å². The van der Waals surface area contributed by atoms with Crippen molar-refractivity contribution in [2.75, 3.05) is 39.4 Å². The molecule has 1 amide bonds. The smallest absolute Gasteiger partial charge is 0.267 e. The zero-order chi connectivity index (χ0) is 21.0. The Labute approximate surface area is 181 Å². The van der Waals surface area contributed by atoms with E-state index < -0.39 is 0 Å². The second-order valence-corrected chi connectivity index (χ2v) is 8.13. The minimum Gasteiger partial charge on any atom is -0.417 e. The van der Waals surface area contributed by atoms with Crippen LogP contribution in [0.3, 0.4) is 0 Å². The zero-order valence-electron chi connectivity index (χ0n) is 17.6. The second-order valence-electron chi connectivity index (χ2n) is 8.13. The van der Waals surface area contributed by atoms with Crippen molar-refractivity contribution >= 4 is 16.7 Å². The molecule has 0 radical (unpaired) electrons. The standard InChI is InChI=1S/C23H27N5O3/c29-20(9-12-27-13-15-30-16-14-27)28-11-4-3-7-19(28)22-25-26-23(31-22)21-18-6-2-1-5-17(18)8-10-24-21/h1-2,5-6,8,10,19H,3-4,7,9,11-16H2/t19-/m1/s1. The molecule has 162 valence electrons. The molecule has 2 aliphatic rings. The third kappa shape index (κ3) is 4.31. The summed E-state index contributed by atoms with van der Waals surface area (Å²) in [5, 5.41) is 10.7. The molecule has 2 fully saturated rings. The zero-order valence-corrected chi connectivity index (χ0v) is 17.6. The molecule has 0 unspecified atom stereocenters. The molecule has 4 heterocycles. The maximum absolute atomic E-state index is 13.0. The highest BCUT2D eigenvalue weighted by molar-refractivity contribution is 5.92. The fourth-order valence-corrected chi connectivity index (χ4v) is 4.46. The molecule has 0 bridgehead atoms. The van der Waals surface area contributed by atoms with Crippen LogP contribution in [0.4, 0.5) is 0 Å². The van der Waals surface area contributed by atoms with Gasteiger partial charge in [0.1, 0.15) is 11.7 Å². The van der Waals surface area contributed by atoms with Crippen LogP contribution < -0.4 is 0 Å². The van der Waals surface area contributed by atoms with Gasteiger partial charge >= 0.3 is 0 Å².